The summed E-state index contributed by atoms with van der Waals surface area (Å²) >= 11 is 0. The fraction of sp³-hybridized carbons (Fsp3) is 0.182. The Morgan fingerprint density at radius 1 is 1.33 bits per heavy atom. The summed E-state index contributed by atoms with van der Waals surface area (Å²) in [6.07, 6.45) is 1.87. The van der Waals surface area contributed by atoms with Crippen LogP contribution >= 0.6 is 0 Å². The first-order chi connectivity index (χ1) is 7.36. The predicted octanol–water partition coefficient (Wildman–Crippen LogP) is 2.10. The van der Waals surface area contributed by atoms with Gasteiger partial charge in [-0.1, -0.05) is 12.1 Å². The number of benzene rings is 1. The van der Waals surface area contributed by atoms with E-state index < -0.39 is 0 Å². The second-order valence-electron chi connectivity index (χ2n) is 3.67. The summed E-state index contributed by atoms with van der Waals surface area (Å²) < 4.78 is 0. The first kappa shape index (κ1) is 8.35. The summed E-state index contributed by atoms with van der Waals surface area (Å²) in [7, 11) is 2.04. The SMILES string of the molecule is CN1c2ccccc2NCc2cn[nH]c21. The third kappa shape index (κ3) is 1.18. The summed E-state index contributed by atoms with van der Waals surface area (Å²) in [5.41, 5.74) is 3.51. The second kappa shape index (κ2) is 3.02. The summed E-state index contributed by atoms with van der Waals surface area (Å²) in [5, 5.41) is 10.5. The molecular weight excluding hydrogens is 188 g/mol. The van der Waals surface area contributed by atoms with Gasteiger partial charge in [0.05, 0.1) is 17.6 Å². The third-order valence-corrected chi connectivity index (χ3v) is 2.77. The number of hydrogen-bond donors (Lipinski definition) is 2. The molecule has 1 aliphatic heterocycles. The van der Waals surface area contributed by atoms with Crippen LogP contribution in [0.5, 0.6) is 0 Å². The number of aromatic amines is 1. The van der Waals surface area contributed by atoms with Crippen molar-refractivity contribution in [2.24, 2.45) is 0 Å². The van der Waals surface area contributed by atoms with Gasteiger partial charge >= 0.3 is 0 Å². The highest BCUT2D eigenvalue weighted by molar-refractivity contribution is 5.77. The van der Waals surface area contributed by atoms with E-state index in [9.17, 15) is 0 Å². The number of anilines is 3. The molecule has 2 N–H and O–H groups in total. The highest BCUT2D eigenvalue weighted by Crippen LogP contribution is 2.34. The molecule has 4 nitrogen and oxygen atoms in total. The molecule has 1 aliphatic rings. The van der Waals surface area contributed by atoms with E-state index in [1.165, 1.54) is 11.3 Å². The molecule has 0 saturated heterocycles. The second-order valence-corrected chi connectivity index (χ2v) is 3.67. The quantitative estimate of drug-likeness (QED) is 0.684. The van der Waals surface area contributed by atoms with Crippen LogP contribution in [0.25, 0.3) is 0 Å². The minimum atomic E-state index is 0.813. The van der Waals surface area contributed by atoms with E-state index in [0.717, 1.165) is 18.1 Å². The Hall–Kier alpha value is -1.97. The van der Waals surface area contributed by atoms with Crippen LogP contribution in [0.1, 0.15) is 5.56 Å². The van der Waals surface area contributed by atoms with Gasteiger partial charge < -0.3 is 10.2 Å². The molecule has 0 fully saturated rings. The van der Waals surface area contributed by atoms with Crippen LogP contribution in [0.15, 0.2) is 30.5 Å². The van der Waals surface area contributed by atoms with Gasteiger partial charge in [-0.05, 0) is 12.1 Å². The Kier molecular flexibility index (Phi) is 1.68. The van der Waals surface area contributed by atoms with Crippen LogP contribution in [0.2, 0.25) is 0 Å². The van der Waals surface area contributed by atoms with Crippen LogP contribution in [0.3, 0.4) is 0 Å². The lowest BCUT2D eigenvalue weighted by Gasteiger charge is -2.18. The molecule has 0 bridgehead atoms. The van der Waals surface area contributed by atoms with Crippen molar-refractivity contribution >= 4 is 17.2 Å². The highest BCUT2D eigenvalue weighted by Gasteiger charge is 2.17. The first-order valence-corrected chi connectivity index (χ1v) is 4.95. The molecule has 0 saturated carbocycles. The summed E-state index contributed by atoms with van der Waals surface area (Å²) in [4.78, 5) is 2.12. The van der Waals surface area contributed by atoms with Crippen LogP contribution in [-0.2, 0) is 6.54 Å². The molecule has 0 amide bonds. The van der Waals surface area contributed by atoms with Crippen molar-refractivity contribution in [3.63, 3.8) is 0 Å². The van der Waals surface area contributed by atoms with E-state index in [4.69, 9.17) is 0 Å². The molecule has 2 heterocycles. The van der Waals surface area contributed by atoms with Gasteiger partial charge in [0.1, 0.15) is 5.82 Å². The highest BCUT2D eigenvalue weighted by atomic mass is 15.3. The maximum absolute atomic E-state index is 4.06. The summed E-state index contributed by atoms with van der Waals surface area (Å²) in [5.74, 6) is 1.06. The number of H-pyrrole nitrogens is 1. The van der Waals surface area contributed by atoms with Gasteiger partial charge in [-0.2, -0.15) is 5.10 Å². The van der Waals surface area contributed by atoms with Crippen molar-refractivity contribution in [1.82, 2.24) is 10.2 Å². The molecule has 76 valence electrons. The fourth-order valence-corrected chi connectivity index (χ4v) is 1.95. The topological polar surface area (TPSA) is 44.0 Å². The largest absolute Gasteiger partial charge is 0.379 e. The molecule has 4 heteroatoms. The third-order valence-electron chi connectivity index (χ3n) is 2.77. The van der Waals surface area contributed by atoms with Crippen molar-refractivity contribution in [2.75, 3.05) is 17.3 Å². The Morgan fingerprint density at radius 3 is 3.13 bits per heavy atom. The van der Waals surface area contributed by atoms with E-state index in [1.54, 1.807) is 0 Å². The summed E-state index contributed by atoms with van der Waals surface area (Å²) in [6.45, 7) is 0.813. The van der Waals surface area contributed by atoms with Crippen molar-refractivity contribution in [3.05, 3.63) is 36.0 Å². The molecule has 0 spiro atoms. The molecule has 0 aliphatic carbocycles. The molecular formula is C11H12N4. The van der Waals surface area contributed by atoms with Crippen LogP contribution in [-0.4, -0.2) is 17.2 Å². The van der Waals surface area contributed by atoms with E-state index in [1.807, 2.05) is 25.4 Å². The van der Waals surface area contributed by atoms with Crippen LogP contribution in [0.4, 0.5) is 17.2 Å². The van der Waals surface area contributed by atoms with Gasteiger partial charge in [0, 0.05) is 19.2 Å². The number of fused-ring (bicyclic) bond motifs is 2. The number of nitrogens with zero attached hydrogens (tertiary/aromatic N) is 2. The summed E-state index contributed by atoms with van der Waals surface area (Å²) in [6, 6.07) is 8.26. The van der Waals surface area contributed by atoms with E-state index >= 15 is 0 Å². The number of hydrogen-bond acceptors (Lipinski definition) is 3. The predicted molar refractivity (Wildman–Crippen MR) is 60.4 cm³/mol. The Bertz CT molecular complexity index is 489. The van der Waals surface area contributed by atoms with E-state index in [-0.39, 0.29) is 0 Å². The number of aromatic nitrogens is 2. The number of rotatable bonds is 0. The Labute approximate surface area is 87.9 Å². The van der Waals surface area contributed by atoms with Crippen LogP contribution in [0, 0.1) is 0 Å². The Balaban J connectivity index is 2.18. The molecule has 15 heavy (non-hydrogen) atoms. The maximum Gasteiger partial charge on any atom is 0.133 e. The molecule has 0 radical (unpaired) electrons. The zero-order valence-corrected chi connectivity index (χ0v) is 8.49. The molecule has 0 atom stereocenters. The molecule has 1 aromatic carbocycles. The fourth-order valence-electron chi connectivity index (χ4n) is 1.95. The van der Waals surface area contributed by atoms with Crippen LogP contribution < -0.4 is 10.2 Å². The lowest BCUT2D eigenvalue weighted by molar-refractivity contribution is 1.04. The lowest BCUT2D eigenvalue weighted by Crippen LogP contribution is -2.10. The van der Waals surface area contributed by atoms with Gasteiger partial charge in [-0.25, -0.2) is 0 Å². The van der Waals surface area contributed by atoms with E-state index in [2.05, 4.69) is 32.5 Å². The average molecular weight is 200 g/mol. The first-order valence-electron chi connectivity index (χ1n) is 4.95. The monoisotopic (exact) mass is 200 g/mol. The van der Waals surface area contributed by atoms with Crippen molar-refractivity contribution in [2.45, 2.75) is 6.54 Å². The standard InChI is InChI=1S/C11H12N4/c1-15-10-5-3-2-4-9(10)12-6-8-7-13-14-11(8)15/h2-5,7,12H,6H2,1H3,(H,13,14). The van der Waals surface area contributed by atoms with Gasteiger partial charge in [-0.15, -0.1) is 0 Å². The van der Waals surface area contributed by atoms with Crippen molar-refractivity contribution in [1.29, 1.82) is 0 Å². The number of nitrogens with one attached hydrogen (secondary N) is 2. The minimum absolute atomic E-state index is 0.813. The zero-order chi connectivity index (χ0) is 10.3. The average Bonchev–Trinajstić information content (AvgIpc) is 2.69. The molecule has 0 unspecified atom stereocenters. The normalized spacial score (nSPS) is 13.8. The van der Waals surface area contributed by atoms with Crippen molar-refractivity contribution in [3.8, 4) is 0 Å². The van der Waals surface area contributed by atoms with Gasteiger partial charge in [0.15, 0.2) is 0 Å². The molecule has 2 aromatic rings. The number of para-hydroxylation sites is 2. The van der Waals surface area contributed by atoms with E-state index in [0.29, 0.717) is 0 Å². The zero-order valence-electron chi connectivity index (χ0n) is 8.49. The maximum atomic E-state index is 4.06. The van der Waals surface area contributed by atoms with Gasteiger partial charge in [-0.3, -0.25) is 5.10 Å². The Morgan fingerprint density at radius 2 is 2.20 bits per heavy atom. The molecule has 3 rings (SSSR count). The lowest BCUT2D eigenvalue weighted by atomic mass is 10.2. The van der Waals surface area contributed by atoms with Crippen molar-refractivity contribution < 1.29 is 0 Å². The van der Waals surface area contributed by atoms with Gasteiger partial charge in [0.25, 0.3) is 0 Å². The van der Waals surface area contributed by atoms with Gasteiger partial charge in [0.2, 0.25) is 0 Å². The smallest absolute Gasteiger partial charge is 0.133 e. The minimum Gasteiger partial charge on any atom is -0.379 e. The molecule has 1 aromatic heterocycles.